The molecule has 0 aromatic heterocycles. The molecule has 8 heteroatoms. The summed E-state index contributed by atoms with van der Waals surface area (Å²) < 4.78 is 6.05. The van der Waals surface area contributed by atoms with Gasteiger partial charge in [0.2, 0.25) is 0 Å². The first-order chi connectivity index (χ1) is 13.0. The largest absolute Gasteiger partial charge is 0.481 e. The highest BCUT2D eigenvalue weighted by Crippen LogP contribution is 2.32. The Morgan fingerprint density at radius 2 is 1.96 bits per heavy atom. The van der Waals surface area contributed by atoms with Gasteiger partial charge in [-0.05, 0) is 25.2 Å². The molecule has 3 aliphatic heterocycles. The van der Waals surface area contributed by atoms with E-state index < -0.39 is 36.2 Å². The van der Waals surface area contributed by atoms with Crippen LogP contribution in [0.3, 0.4) is 0 Å². The molecule has 0 radical (unpaired) electrons. The van der Waals surface area contributed by atoms with Gasteiger partial charge in [-0.25, -0.2) is 0 Å². The monoisotopic (exact) mass is 378 g/mol. The summed E-state index contributed by atoms with van der Waals surface area (Å²) in [6.07, 6.45) is 9.44. The number of carbonyl (C=O) groups is 2. The van der Waals surface area contributed by atoms with Crippen LogP contribution in [-0.4, -0.2) is 54.1 Å². The van der Waals surface area contributed by atoms with Gasteiger partial charge in [0.05, 0.1) is 36.3 Å². The molecule has 4 fully saturated rings. The molecule has 0 aromatic rings. The Hall–Kier alpha value is -1.32. The Bertz CT molecular complexity index is 607. The van der Waals surface area contributed by atoms with Crippen molar-refractivity contribution in [1.29, 1.82) is 0 Å². The van der Waals surface area contributed by atoms with Crippen LogP contribution in [0.15, 0.2) is 12.2 Å². The highest BCUT2D eigenvalue weighted by molar-refractivity contribution is 5.89. The van der Waals surface area contributed by atoms with Gasteiger partial charge in [-0.1, -0.05) is 31.4 Å². The molecule has 27 heavy (non-hydrogen) atoms. The number of carbonyl (C=O) groups excluding carboxylic acids is 1. The van der Waals surface area contributed by atoms with Crippen molar-refractivity contribution < 1.29 is 19.4 Å². The van der Waals surface area contributed by atoms with Crippen LogP contribution < -0.4 is 21.7 Å². The van der Waals surface area contributed by atoms with Crippen molar-refractivity contribution in [3.05, 3.63) is 12.2 Å². The molecule has 0 aromatic carbocycles. The van der Waals surface area contributed by atoms with E-state index in [0.717, 1.165) is 0 Å². The predicted octanol–water partition coefficient (Wildman–Crippen LogP) is -0.100. The summed E-state index contributed by atoms with van der Waals surface area (Å²) in [7, 11) is 0. The summed E-state index contributed by atoms with van der Waals surface area (Å²) in [5.74, 6) is -1.59. The zero-order valence-electron chi connectivity index (χ0n) is 15.5. The van der Waals surface area contributed by atoms with Crippen molar-refractivity contribution in [2.45, 2.75) is 69.2 Å². The molecule has 6 N–H and O–H groups in total. The second-order valence-electron chi connectivity index (χ2n) is 8.29. The minimum absolute atomic E-state index is 0.0273. The molecular weight excluding hydrogens is 348 g/mol. The van der Waals surface area contributed by atoms with Gasteiger partial charge in [0.15, 0.2) is 5.78 Å². The number of nitrogens with one attached hydrogen (secondary N) is 3. The van der Waals surface area contributed by atoms with Crippen LogP contribution in [0.4, 0.5) is 0 Å². The zero-order valence-corrected chi connectivity index (χ0v) is 15.5. The molecule has 0 amide bonds. The van der Waals surface area contributed by atoms with Gasteiger partial charge in [0.25, 0.3) is 0 Å². The number of Topliss-reactive ketones (excluding diaryl/α,β-unsaturated/α-hetero) is 1. The highest BCUT2D eigenvalue weighted by atomic mass is 16.5. The maximum absolute atomic E-state index is 13.1. The average molecular weight is 378 g/mol. The molecule has 3 saturated heterocycles. The molecule has 3 heterocycles. The molecule has 1 saturated carbocycles. The van der Waals surface area contributed by atoms with E-state index in [9.17, 15) is 14.7 Å². The van der Waals surface area contributed by atoms with Crippen LogP contribution in [0.5, 0.6) is 0 Å². The molecule has 8 nitrogen and oxygen atoms in total. The van der Waals surface area contributed by atoms with Crippen molar-refractivity contribution in [3.8, 4) is 0 Å². The first-order valence-corrected chi connectivity index (χ1v) is 10.1. The highest BCUT2D eigenvalue weighted by Gasteiger charge is 2.51. The average Bonchev–Trinajstić information content (AvgIpc) is 2.67. The van der Waals surface area contributed by atoms with E-state index in [1.807, 2.05) is 0 Å². The lowest BCUT2D eigenvalue weighted by Crippen LogP contribution is -2.73. The quantitative estimate of drug-likeness (QED) is 0.431. The van der Waals surface area contributed by atoms with Crippen LogP contribution in [0, 0.1) is 17.8 Å². The molecular formula is C19H30N4O4. The smallest absolute Gasteiger partial charge is 0.309 e. The summed E-state index contributed by atoms with van der Waals surface area (Å²) in [6, 6.07) is -0.418. The van der Waals surface area contributed by atoms with E-state index >= 15 is 0 Å². The van der Waals surface area contributed by atoms with Gasteiger partial charge in [-0.15, -0.1) is 0 Å². The number of rotatable bonds is 3. The Morgan fingerprint density at radius 1 is 1.19 bits per heavy atom. The Morgan fingerprint density at radius 3 is 2.70 bits per heavy atom. The molecule has 0 bridgehead atoms. The van der Waals surface area contributed by atoms with Crippen molar-refractivity contribution in [3.63, 3.8) is 0 Å². The van der Waals surface area contributed by atoms with E-state index in [1.165, 1.54) is 32.1 Å². The number of nitrogens with two attached hydrogens (primary N) is 1. The fourth-order valence-corrected chi connectivity index (χ4v) is 4.87. The van der Waals surface area contributed by atoms with Gasteiger partial charge in [0.1, 0.15) is 6.23 Å². The number of ether oxygens (including phenoxy) is 1. The van der Waals surface area contributed by atoms with Gasteiger partial charge >= 0.3 is 5.97 Å². The molecule has 0 spiro atoms. The summed E-state index contributed by atoms with van der Waals surface area (Å²) in [5, 5.41) is 19.1. The third-order valence-corrected chi connectivity index (χ3v) is 6.47. The number of carboxylic acid groups (broad SMARTS) is 1. The third-order valence-electron chi connectivity index (χ3n) is 6.47. The lowest BCUT2D eigenvalue weighted by Gasteiger charge is -2.48. The summed E-state index contributed by atoms with van der Waals surface area (Å²) in [4.78, 5) is 24.5. The van der Waals surface area contributed by atoms with Crippen molar-refractivity contribution in [2.24, 2.45) is 23.5 Å². The fourth-order valence-electron chi connectivity index (χ4n) is 4.87. The zero-order chi connectivity index (χ0) is 19.0. The number of carboxylic acids is 1. The topological polar surface area (TPSA) is 126 Å². The SMILES string of the molecule is NC1NC2OC3CNC(/C=C/C4CCCCC4)NC3C(=O)C2CC1C(=O)O. The molecule has 4 rings (SSSR count). The van der Waals surface area contributed by atoms with E-state index in [0.29, 0.717) is 12.5 Å². The second-order valence-corrected chi connectivity index (χ2v) is 8.29. The summed E-state index contributed by atoms with van der Waals surface area (Å²) in [5.41, 5.74) is 5.91. The number of aliphatic carboxylic acids is 1. The predicted molar refractivity (Wildman–Crippen MR) is 98.4 cm³/mol. The maximum atomic E-state index is 13.1. The number of fused-ring (bicyclic) bond motifs is 2. The summed E-state index contributed by atoms with van der Waals surface area (Å²) >= 11 is 0. The molecule has 4 aliphatic rings. The van der Waals surface area contributed by atoms with Gasteiger partial charge in [-0.2, -0.15) is 0 Å². The molecule has 150 valence electrons. The van der Waals surface area contributed by atoms with Crippen molar-refractivity contribution in [1.82, 2.24) is 16.0 Å². The van der Waals surface area contributed by atoms with Crippen LogP contribution in [0.1, 0.15) is 38.5 Å². The first-order valence-electron chi connectivity index (χ1n) is 10.1. The lowest BCUT2D eigenvalue weighted by atomic mass is 9.78. The second kappa shape index (κ2) is 7.97. The molecule has 7 unspecified atom stereocenters. The van der Waals surface area contributed by atoms with Crippen molar-refractivity contribution in [2.75, 3.05) is 6.54 Å². The van der Waals surface area contributed by atoms with Gasteiger partial charge in [0, 0.05) is 6.54 Å². The van der Waals surface area contributed by atoms with E-state index in [2.05, 4.69) is 28.1 Å². The minimum atomic E-state index is -0.977. The van der Waals surface area contributed by atoms with E-state index in [-0.39, 0.29) is 24.5 Å². The standard InChI is InChI=1S/C19H30N4O4/c20-17-12(19(25)26)8-11-16(24)15-13(27-18(11)23-17)9-21-14(22-15)7-6-10-4-2-1-3-5-10/h6-7,10-15,17-18,21-23H,1-5,8-9,20H2,(H,25,26)/b7-6+. The van der Waals surface area contributed by atoms with E-state index in [1.54, 1.807) is 0 Å². The van der Waals surface area contributed by atoms with Crippen LogP contribution in [0.25, 0.3) is 0 Å². The van der Waals surface area contributed by atoms with E-state index in [4.69, 9.17) is 10.5 Å². The number of piperidine rings is 1. The third kappa shape index (κ3) is 3.95. The fraction of sp³-hybridized carbons (Fsp3) is 0.789. The molecule has 7 atom stereocenters. The Kier molecular flexibility index (Phi) is 5.61. The van der Waals surface area contributed by atoms with Crippen molar-refractivity contribution >= 4 is 11.8 Å². The number of allylic oxidation sites excluding steroid dienone is 1. The maximum Gasteiger partial charge on any atom is 0.309 e. The lowest BCUT2D eigenvalue weighted by molar-refractivity contribution is -0.174. The number of hydrogen-bond acceptors (Lipinski definition) is 7. The van der Waals surface area contributed by atoms with Crippen LogP contribution in [-0.2, 0) is 14.3 Å². The Labute approximate surface area is 159 Å². The number of hydrogen-bond donors (Lipinski definition) is 5. The molecule has 1 aliphatic carbocycles. The van der Waals surface area contributed by atoms with Gasteiger partial charge < -0.3 is 15.6 Å². The number of ketones is 1. The first kappa shape index (κ1) is 19.0. The normalized spacial score (nSPS) is 43.3. The van der Waals surface area contributed by atoms with Crippen LogP contribution >= 0.6 is 0 Å². The Balaban J connectivity index is 1.40. The van der Waals surface area contributed by atoms with Gasteiger partial charge in [-0.3, -0.25) is 25.5 Å². The summed E-state index contributed by atoms with van der Waals surface area (Å²) in [6.45, 7) is 0.575. The van der Waals surface area contributed by atoms with Crippen LogP contribution in [0.2, 0.25) is 0 Å². The minimum Gasteiger partial charge on any atom is -0.481 e.